The first-order valence-corrected chi connectivity index (χ1v) is 9.95. The van der Waals surface area contributed by atoms with Crippen LogP contribution in [0.5, 0.6) is 0 Å². The van der Waals surface area contributed by atoms with Gasteiger partial charge in [-0.2, -0.15) is 4.98 Å². The molecule has 0 saturated heterocycles. The summed E-state index contributed by atoms with van der Waals surface area (Å²) in [5.74, 6) is 0.255. The van der Waals surface area contributed by atoms with Gasteiger partial charge in [-0.3, -0.25) is 4.79 Å². The molecule has 5 rings (SSSR count). The molecule has 4 saturated carbocycles. The van der Waals surface area contributed by atoms with Crippen LogP contribution in [0.4, 0.5) is 16.2 Å². The first-order chi connectivity index (χ1) is 12.9. The lowest BCUT2D eigenvalue weighted by molar-refractivity contribution is 0.0150. The summed E-state index contributed by atoms with van der Waals surface area (Å²) in [4.78, 5) is 20.6. The maximum absolute atomic E-state index is 14.4. The van der Waals surface area contributed by atoms with Gasteiger partial charge < -0.3 is 21.5 Å². The molecule has 1 aromatic rings. The van der Waals surface area contributed by atoms with Crippen LogP contribution in [0.2, 0.25) is 0 Å². The quantitative estimate of drug-likeness (QED) is 0.627. The third-order valence-corrected chi connectivity index (χ3v) is 6.57. The number of hydrogen-bond acceptors (Lipinski definition) is 6. The van der Waals surface area contributed by atoms with Crippen molar-refractivity contribution in [3.8, 4) is 0 Å². The maximum atomic E-state index is 14.4. The summed E-state index contributed by atoms with van der Waals surface area (Å²) in [6.07, 6.45) is 8.38. The molecule has 0 radical (unpaired) electrons. The molecule has 0 unspecified atom stereocenters. The van der Waals surface area contributed by atoms with Gasteiger partial charge in [0, 0.05) is 17.8 Å². The van der Waals surface area contributed by atoms with Gasteiger partial charge in [0.15, 0.2) is 0 Å². The van der Waals surface area contributed by atoms with Crippen molar-refractivity contribution < 1.29 is 14.3 Å². The van der Waals surface area contributed by atoms with E-state index in [-0.39, 0.29) is 23.2 Å². The Morgan fingerprint density at radius 2 is 1.93 bits per heavy atom. The molecular weight excluding hydrogens is 349 g/mol. The first-order valence-electron chi connectivity index (χ1n) is 9.95. The lowest BCUT2D eigenvalue weighted by Gasteiger charge is -2.49. The van der Waals surface area contributed by atoms with Gasteiger partial charge in [-0.1, -0.05) is 0 Å². The summed E-state index contributed by atoms with van der Waals surface area (Å²) in [7, 11) is 0. The fourth-order valence-corrected chi connectivity index (χ4v) is 4.79. The van der Waals surface area contributed by atoms with Crippen molar-refractivity contribution in [3.63, 3.8) is 0 Å². The zero-order valence-corrected chi connectivity index (χ0v) is 15.5. The highest BCUT2D eigenvalue weighted by Crippen LogP contribution is 2.50. The van der Waals surface area contributed by atoms with Crippen LogP contribution < -0.4 is 16.4 Å². The Bertz CT molecular complexity index is 704. The van der Waals surface area contributed by atoms with Gasteiger partial charge in [-0.25, -0.2) is 9.37 Å². The number of alkyl halides is 1. The molecule has 2 atom stereocenters. The Morgan fingerprint density at radius 1 is 1.22 bits per heavy atom. The molecule has 0 spiro atoms. The fraction of sp³-hybridized carbons (Fsp3) is 0.737. The van der Waals surface area contributed by atoms with E-state index >= 15 is 0 Å². The van der Waals surface area contributed by atoms with Crippen molar-refractivity contribution in [1.82, 2.24) is 9.97 Å². The number of rotatable bonds is 5. The van der Waals surface area contributed by atoms with E-state index in [2.05, 4.69) is 20.6 Å². The van der Waals surface area contributed by atoms with E-state index in [1.54, 1.807) is 0 Å². The Morgan fingerprint density at radius 3 is 2.56 bits per heavy atom. The van der Waals surface area contributed by atoms with E-state index in [4.69, 9.17) is 5.73 Å². The minimum Gasteiger partial charge on any atom is -0.393 e. The number of aliphatic hydroxyl groups excluding tert-OH is 1. The van der Waals surface area contributed by atoms with Gasteiger partial charge in [-0.05, 0) is 64.2 Å². The molecule has 148 valence electrons. The van der Waals surface area contributed by atoms with Gasteiger partial charge in [-0.15, -0.1) is 0 Å². The standard InChI is InChI=1S/C19H28FN5O2/c20-18-4-7-19(8-5-18,9-6-18)25-17-22-11-14(15(21)27)16(24-17)23-12-2-1-3-13(26)10-12/h11-13,26H,1-10H2,(H2,21,27)(H2,22,23,24,25)/t12-,13+,18?,19?/m1/s1. The van der Waals surface area contributed by atoms with Crippen LogP contribution in [0.15, 0.2) is 6.20 Å². The summed E-state index contributed by atoms with van der Waals surface area (Å²) in [6.45, 7) is 0. The number of nitrogens with one attached hydrogen (secondary N) is 2. The second-order valence-electron chi connectivity index (χ2n) is 8.54. The van der Waals surface area contributed by atoms with Crippen molar-refractivity contribution in [2.24, 2.45) is 5.73 Å². The van der Waals surface area contributed by atoms with Crippen LogP contribution in [-0.4, -0.2) is 44.3 Å². The molecular formula is C19H28FN5O2. The third-order valence-electron chi connectivity index (χ3n) is 6.57. The molecule has 5 N–H and O–H groups in total. The first kappa shape index (κ1) is 18.4. The van der Waals surface area contributed by atoms with Crippen molar-refractivity contribution in [1.29, 1.82) is 0 Å². The van der Waals surface area contributed by atoms with Gasteiger partial charge in [0.25, 0.3) is 5.91 Å². The number of anilines is 2. The van der Waals surface area contributed by atoms with Crippen molar-refractivity contribution in [2.45, 2.75) is 87.6 Å². The maximum Gasteiger partial charge on any atom is 0.254 e. The third kappa shape index (κ3) is 3.85. The molecule has 1 amide bonds. The zero-order chi connectivity index (χ0) is 19.1. The molecule has 2 bridgehead atoms. The smallest absolute Gasteiger partial charge is 0.254 e. The summed E-state index contributed by atoms with van der Waals surface area (Å²) in [5.41, 5.74) is 4.57. The predicted molar refractivity (Wildman–Crippen MR) is 100 cm³/mol. The number of hydrogen-bond donors (Lipinski definition) is 4. The zero-order valence-electron chi connectivity index (χ0n) is 15.5. The van der Waals surface area contributed by atoms with E-state index in [1.807, 2.05) is 0 Å². The van der Waals surface area contributed by atoms with Gasteiger partial charge in [0.2, 0.25) is 5.95 Å². The lowest BCUT2D eigenvalue weighted by Crippen LogP contribution is -2.52. The molecule has 0 aromatic carbocycles. The Balaban J connectivity index is 1.53. The molecule has 4 aliphatic rings. The average Bonchev–Trinajstić information content (AvgIpc) is 2.63. The Kier molecular flexibility index (Phi) is 4.70. The number of carbonyl (C=O) groups is 1. The van der Waals surface area contributed by atoms with Gasteiger partial charge in [0.05, 0.1) is 11.7 Å². The summed E-state index contributed by atoms with van der Waals surface area (Å²) in [6, 6.07) is 0.0456. The van der Waals surface area contributed by atoms with Crippen LogP contribution in [0.1, 0.15) is 74.6 Å². The van der Waals surface area contributed by atoms with Gasteiger partial charge >= 0.3 is 0 Å². The van der Waals surface area contributed by atoms with E-state index in [0.717, 1.165) is 38.5 Å². The molecule has 8 heteroatoms. The van der Waals surface area contributed by atoms with Crippen LogP contribution in [0.3, 0.4) is 0 Å². The Hall–Kier alpha value is -1.96. The molecule has 1 heterocycles. The number of fused-ring (bicyclic) bond motifs is 3. The highest BCUT2D eigenvalue weighted by atomic mass is 19.1. The number of nitrogens with two attached hydrogens (primary N) is 1. The second-order valence-corrected chi connectivity index (χ2v) is 8.54. The second kappa shape index (κ2) is 6.89. The monoisotopic (exact) mass is 377 g/mol. The Labute approximate surface area is 158 Å². The van der Waals surface area contributed by atoms with Crippen LogP contribution >= 0.6 is 0 Å². The largest absolute Gasteiger partial charge is 0.393 e. The number of primary amides is 1. The average molecular weight is 377 g/mol. The minimum atomic E-state index is -0.991. The lowest BCUT2D eigenvalue weighted by atomic mass is 9.64. The number of nitrogens with zero attached hydrogens (tertiary/aromatic N) is 2. The molecule has 27 heavy (non-hydrogen) atoms. The minimum absolute atomic E-state index is 0.0456. The number of aliphatic hydroxyl groups is 1. The highest BCUT2D eigenvalue weighted by Gasteiger charge is 2.49. The van der Waals surface area contributed by atoms with E-state index in [0.29, 0.717) is 37.4 Å². The SMILES string of the molecule is NC(=O)c1cnc(NC23CCC(F)(CC2)CC3)nc1N[C@@H]1CCC[C@H](O)C1. The summed E-state index contributed by atoms with van der Waals surface area (Å²) < 4.78 is 14.4. The molecule has 0 aliphatic heterocycles. The summed E-state index contributed by atoms with van der Waals surface area (Å²) in [5, 5.41) is 16.6. The number of carbonyl (C=O) groups excluding carboxylic acids is 1. The van der Waals surface area contributed by atoms with E-state index < -0.39 is 11.6 Å². The predicted octanol–water partition coefficient (Wildman–Crippen LogP) is 2.52. The molecule has 1 aromatic heterocycles. The normalized spacial score (nSPS) is 35.6. The molecule has 7 nitrogen and oxygen atoms in total. The van der Waals surface area contributed by atoms with Crippen molar-refractivity contribution >= 4 is 17.7 Å². The van der Waals surface area contributed by atoms with Crippen LogP contribution in [0.25, 0.3) is 0 Å². The molecule has 4 fully saturated rings. The summed E-state index contributed by atoms with van der Waals surface area (Å²) >= 11 is 0. The van der Waals surface area contributed by atoms with Gasteiger partial charge in [0.1, 0.15) is 11.5 Å². The fourth-order valence-electron chi connectivity index (χ4n) is 4.79. The van der Waals surface area contributed by atoms with E-state index in [9.17, 15) is 14.3 Å². The van der Waals surface area contributed by atoms with Crippen molar-refractivity contribution in [3.05, 3.63) is 11.8 Å². The molecule has 4 aliphatic carbocycles. The highest BCUT2D eigenvalue weighted by molar-refractivity contribution is 5.97. The number of aromatic nitrogens is 2. The number of halogens is 1. The van der Waals surface area contributed by atoms with Crippen LogP contribution in [0, 0.1) is 0 Å². The topological polar surface area (TPSA) is 113 Å². The number of amides is 1. The van der Waals surface area contributed by atoms with E-state index in [1.165, 1.54) is 6.20 Å². The van der Waals surface area contributed by atoms with Crippen LogP contribution in [-0.2, 0) is 0 Å². The van der Waals surface area contributed by atoms with Crippen molar-refractivity contribution in [2.75, 3.05) is 10.6 Å².